The maximum atomic E-state index is 13.4. The van der Waals surface area contributed by atoms with E-state index >= 15 is 0 Å². The molecule has 1 saturated heterocycles. The van der Waals surface area contributed by atoms with Crippen molar-refractivity contribution in [2.45, 2.75) is 57.3 Å². The summed E-state index contributed by atoms with van der Waals surface area (Å²) in [5.74, 6) is -0.0558. The molecule has 1 N–H and O–H groups in total. The smallest absolute Gasteiger partial charge is 0.241 e. The van der Waals surface area contributed by atoms with Crippen LogP contribution in [-0.4, -0.2) is 22.9 Å². The van der Waals surface area contributed by atoms with Gasteiger partial charge in [0.15, 0.2) is 0 Å². The first kappa shape index (κ1) is 13.6. The van der Waals surface area contributed by atoms with Crippen molar-refractivity contribution in [3.8, 4) is 0 Å². The van der Waals surface area contributed by atoms with Crippen molar-refractivity contribution < 1.29 is 9.18 Å². The Hall–Kier alpha value is -1.42. The Bertz CT molecular complexity index is 501. The van der Waals surface area contributed by atoms with Gasteiger partial charge in [-0.3, -0.25) is 10.1 Å². The minimum absolute atomic E-state index is 0.108. The van der Waals surface area contributed by atoms with E-state index in [1.54, 1.807) is 6.07 Å². The van der Waals surface area contributed by atoms with Crippen molar-refractivity contribution in [1.29, 1.82) is 0 Å². The molecule has 1 heterocycles. The molecule has 3 nitrogen and oxygen atoms in total. The lowest BCUT2D eigenvalue weighted by Gasteiger charge is -2.24. The Balaban J connectivity index is 1.83. The van der Waals surface area contributed by atoms with Gasteiger partial charge in [-0.25, -0.2) is 4.39 Å². The van der Waals surface area contributed by atoms with Crippen LogP contribution in [-0.2, 0) is 4.79 Å². The summed E-state index contributed by atoms with van der Waals surface area (Å²) >= 11 is 0. The molecule has 0 radical (unpaired) electrons. The summed E-state index contributed by atoms with van der Waals surface area (Å²) in [7, 11) is 0. The number of halogens is 1. The summed E-state index contributed by atoms with van der Waals surface area (Å²) in [4.78, 5) is 14.5. The van der Waals surface area contributed by atoms with Crippen LogP contribution in [0.3, 0.4) is 0 Å². The first-order valence-electron chi connectivity index (χ1n) is 7.54. The van der Waals surface area contributed by atoms with Crippen molar-refractivity contribution in [3.05, 3.63) is 35.6 Å². The van der Waals surface area contributed by atoms with Crippen LogP contribution in [0, 0.1) is 5.82 Å². The first-order chi connectivity index (χ1) is 9.70. The van der Waals surface area contributed by atoms with E-state index < -0.39 is 0 Å². The lowest BCUT2D eigenvalue weighted by molar-refractivity contribution is -0.130. The van der Waals surface area contributed by atoms with Crippen LogP contribution in [0.25, 0.3) is 0 Å². The second-order valence-electron chi connectivity index (χ2n) is 5.80. The molecule has 1 aliphatic carbocycles. The molecular weight excluding hydrogens is 255 g/mol. The predicted molar refractivity (Wildman–Crippen MR) is 75.5 cm³/mol. The molecule has 2 fully saturated rings. The van der Waals surface area contributed by atoms with Gasteiger partial charge in [-0.2, -0.15) is 0 Å². The molecule has 0 bridgehead atoms. The standard InChI is InChI=1S/C16H21FN2O/c1-2-3-7-14-16(20)19(13-8-9-13)15(18-14)11-5-4-6-12(17)10-11/h4-6,10,13-15,18H,2-3,7-9H2,1H3. The second-order valence-corrected chi connectivity index (χ2v) is 5.80. The van der Waals surface area contributed by atoms with Crippen LogP contribution in [0.5, 0.6) is 0 Å². The fourth-order valence-electron chi connectivity index (χ4n) is 2.94. The highest BCUT2D eigenvalue weighted by atomic mass is 19.1. The molecule has 2 aliphatic rings. The maximum absolute atomic E-state index is 13.4. The topological polar surface area (TPSA) is 32.3 Å². The SMILES string of the molecule is CCCCC1NC(c2cccc(F)c2)N(C2CC2)C1=O. The van der Waals surface area contributed by atoms with E-state index in [9.17, 15) is 9.18 Å². The van der Waals surface area contributed by atoms with Gasteiger partial charge < -0.3 is 4.90 Å². The fraction of sp³-hybridized carbons (Fsp3) is 0.562. The van der Waals surface area contributed by atoms with Crippen molar-refractivity contribution in [1.82, 2.24) is 10.2 Å². The Kier molecular flexibility index (Phi) is 3.74. The number of carbonyl (C=O) groups is 1. The third-order valence-corrected chi connectivity index (χ3v) is 4.14. The third kappa shape index (κ3) is 2.57. The normalized spacial score (nSPS) is 26.3. The molecule has 0 aromatic heterocycles. The molecule has 1 aromatic rings. The highest BCUT2D eigenvalue weighted by Gasteiger charge is 2.46. The van der Waals surface area contributed by atoms with Gasteiger partial charge in [0.1, 0.15) is 12.0 Å². The third-order valence-electron chi connectivity index (χ3n) is 4.14. The van der Waals surface area contributed by atoms with E-state index in [-0.39, 0.29) is 23.9 Å². The van der Waals surface area contributed by atoms with Gasteiger partial charge in [-0.1, -0.05) is 31.9 Å². The van der Waals surface area contributed by atoms with E-state index in [1.165, 1.54) is 12.1 Å². The van der Waals surface area contributed by atoms with E-state index in [1.807, 2.05) is 11.0 Å². The van der Waals surface area contributed by atoms with Crippen LogP contribution in [0.4, 0.5) is 4.39 Å². The van der Waals surface area contributed by atoms with Crippen LogP contribution in [0.15, 0.2) is 24.3 Å². The summed E-state index contributed by atoms with van der Waals surface area (Å²) < 4.78 is 13.4. The largest absolute Gasteiger partial charge is 0.319 e. The highest BCUT2D eigenvalue weighted by molar-refractivity contribution is 5.85. The molecule has 1 aromatic carbocycles. The van der Waals surface area contributed by atoms with Crippen LogP contribution >= 0.6 is 0 Å². The molecule has 1 amide bonds. The molecule has 3 rings (SSSR count). The van der Waals surface area contributed by atoms with Gasteiger partial charge in [-0.15, -0.1) is 0 Å². The number of nitrogens with zero attached hydrogens (tertiary/aromatic N) is 1. The zero-order valence-electron chi connectivity index (χ0n) is 11.8. The molecular formula is C16H21FN2O. The Labute approximate surface area is 119 Å². The number of carbonyl (C=O) groups excluding carboxylic acids is 1. The van der Waals surface area contributed by atoms with E-state index in [0.29, 0.717) is 6.04 Å². The van der Waals surface area contributed by atoms with Gasteiger partial charge >= 0.3 is 0 Å². The molecule has 4 heteroatoms. The zero-order chi connectivity index (χ0) is 14.1. The van der Waals surface area contributed by atoms with Gasteiger partial charge in [0, 0.05) is 6.04 Å². The molecule has 2 atom stereocenters. The lowest BCUT2D eigenvalue weighted by Crippen LogP contribution is -2.33. The van der Waals surface area contributed by atoms with Crippen molar-refractivity contribution in [2.24, 2.45) is 0 Å². The Morgan fingerprint density at radius 3 is 2.85 bits per heavy atom. The number of hydrogen-bond acceptors (Lipinski definition) is 2. The summed E-state index contributed by atoms with van der Waals surface area (Å²) in [5, 5.41) is 3.40. The number of hydrogen-bond donors (Lipinski definition) is 1. The Morgan fingerprint density at radius 1 is 1.40 bits per heavy atom. The van der Waals surface area contributed by atoms with Crippen LogP contribution < -0.4 is 5.32 Å². The lowest BCUT2D eigenvalue weighted by atomic mass is 10.1. The first-order valence-corrected chi connectivity index (χ1v) is 7.54. The summed E-state index contributed by atoms with van der Waals surface area (Å²) in [6.45, 7) is 2.13. The van der Waals surface area contributed by atoms with E-state index in [4.69, 9.17) is 0 Å². The van der Waals surface area contributed by atoms with Crippen molar-refractivity contribution >= 4 is 5.91 Å². The number of benzene rings is 1. The van der Waals surface area contributed by atoms with Gasteiger partial charge in [0.05, 0.1) is 6.04 Å². The molecule has 0 spiro atoms. The number of rotatable bonds is 5. The molecule has 108 valence electrons. The minimum Gasteiger partial charge on any atom is -0.319 e. The quantitative estimate of drug-likeness (QED) is 0.896. The zero-order valence-corrected chi connectivity index (χ0v) is 11.8. The van der Waals surface area contributed by atoms with Crippen LogP contribution in [0.2, 0.25) is 0 Å². The fourth-order valence-corrected chi connectivity index (χ4v) is 2.94. The van der Waals surface area contributed by atoms with Crippen molar-refractivity contribution in [2.75, 3.05) is 0 Å². The molecule has 20 heavy (non-hydrogen) atoms. The maximum Gasteiger partial charge on any atom is 0.241 e. The average Bonchev–Trinajstić information content (AvgIpc) is 3.21. The minimum atomic E-state index is -0.246. The Morgan fingerprint density at radius 2 is 2.20 bits per heavy atom. The predicted octanol–water partition coefficient (Wildman–Crippen LogP) is 2.98. The summed E-state index contributed by atoms with van der Waals surface area (Å²) in [6.07, 6.45) is 4.97. The van der Waals surface area contributed by atoms with Gasteiger partial charge in [0.25, 0.3) is 0 Å². The van der Waals surface area contributed by atoms with Gasteiger partial charge in [-0.05, 0) is 37.0 Å². The monoisotopic (exact) mass is 276 g/mol. The summed E-state index contributed by atoms with van der Waals surface area (Å²) in [5.41, 5.74) is 0.851. The second kappa shape index (κ2) is 5.52. The molecule has 1 saturated carbocycles. The van der Waals surface area contributed by atoms with E-state index in [2.05, 4.69) is 12.2 Å². The van der Waals surface area contributed by atoms with Gasteiger partial charge in [0.2, 0.25) is 5.91 Å². The number of unbranched alkanes of at least 4 members (excludes halogenated alkanes) is 1. The molecule has 2 unspecified atom stereocenters. The number of amides is 1. The van der Waals surface area contributed by atoms with Crippen molar-refractivity contribution in [3.63, 3.8) is 0 Å². The van der Waals surface area contributed by atoms with Crippen LogP contribution in [0.1, 0.15) is 50.8 Å². The highest BCUT2D eigenvalue weighted by Crippen LogP contribution is 2.38. The average molecular weight is 276 g/mol. The number of nitrogens with one attached hydrogen (secondary N) is 1. The van der Waals surface area contributed by atoms with E-state index in [0.717, 1.165) is 37.7 Å². The molecule has 1 aliphatic heterocycles. The summed E-state index contributed by atoms with van der Waals surface area (Å²) in [6, 6.07) is 6.81.